The van der Waals surface area contributed by atoms with Gasteiger partial charge in [-0.2, -0.15) is 0 Å². The maximum Gasteiger partial charge on any atom is 0.122 e. The van der Waals surface area contributed by atoms with Gasteiger partial charge in [0.05, 0.1) is 7.11 Å². The van der Waals surface area contributed by atoms with Crippen LogP contribution in [0.15, 0.2) is 18.2 Å². The molecule has 100 valence electrons. The van der Waals surface area contributed by atoms with Gasteiger partial charge in [-0.3, -0.25) is 0 Å². The number of halogens is 1. The van der Waals surface area contributed by atoms with Crippen LogP contribution in [-0.4, -0.2) is 19.7 Å². The highest BCUT2D eigenvalue weighted by Crippen LogP contribution is 2.36. The molecule has 1 fully saturated rings. The Balaban J connectivity index is 2.08. The van der Waals surface area contributed by atoms with E-state index in [0.717, 1.165) is 29.8 Å². The van der Waals surface area contributed by atoms with Crippen LogP contribution in [-0.2, 0) is 5.41 Å². The molecule has 1 N–H and O–H groups in total. The highest BCUT2D eigenvalue weighted by atomic mass is 35.5. The summed E-state index contributed by atoms with van der Waals surface area (Å²) in [5.41, 5.74) is 1.26. The Kier molecular flexibility index (Phi) is 4.18. The summed E-state index contributed by atoms with van der Waals surface area (Å²) in [7, 11) is 1.71. The van der Waals surface area contributed by atoms with E-state index in [-0.39, 0.29) is 5.41 Å². The topological polar surface area (TPSA) is 21.3 Å². The molecule has 1 aliphatic carbocycles. The van der Waals surface area contributed by atoms with Crippen molar-refractivity contribution in [3.8, 4) is 5.75 Å². The minimum absolute atomic E-state index is 0.0676. The Morgan fingerprint density at radius 1 is 1.39 bits per heavy atom. The monoisotopic (exact) mass is 267 g/mol. The van der Waals surface area contributed by atoms with E-state index < -0.39 is 0 Å². The first kappa shape index (κ1) is 13.7. The van der Waals surface area contributed by atoms with Gasteiger partial charge in [0.1, 0.15) is 5.75 Å². The second kappa shape index (κ2) is 5.50. The number of hydrogen-bond donors (Lipinski definition) is 1. The van der Waals surface area contributed by atoms with Crippen LogP contribution in [0.2, 0.25) is 5.02 Å². The SMILES string of the molecule is COc1ccc(Cl)cc1C(C)(C)CCNC1CC1. The van der Waals surface area contributed by atoms with E-state index in [1.54, 1.807) is 7.11 Å². The first-order valence-corrected chi connectivity index (χ1v) is 6.98. The van der Waals surface area contributed by atoms with Gasteiger partial charge in [0.15, 0.2) is 0 Å². The number of nitrogens with one attached hydrogen (secondary N) is 1. The minimum Gasteiger partial charge on any atom is -0.496 e. The Morgan fingerprint density at radius 3 is 2.72 bits per heavy atom. The van der Waals surface area contributed by atoms with Crippen LogP contribution in [0.1, 0.15) is 38.7 Å². The number of methoxy groups -OCH3 is 1. The molecule has 0 heterocycles. The molecule has 0 unspecified atom stereocenters. The summed E-state index contributed by atoms with van der Waals surface area (Å²) >= 11 is 6.10. The van der Waals surface area contributed by atoms with Crippen LogP contribution in [0.3, 0.4) is 0 Å². The van der Waals surface area contributed by atoms with Gasteiger partial charge in [0.25, 0.3) is 0 Å². The molecular weight excluding hydrogens is 246 g/mol. The molecule has 18 heavy (non-hydrogen) atoms. The van der Waals surface area contributed by atoms with Crippen molar-refractivity contribution in [2.24, 2.45) is 0 Å². The maximum absolute atomic E-state index is 6.10. The molecule has 1 aromatic carbocycles. The van der Waals surface area contributed by atoms with Crippen LogP contribution in [0.4, 0.5) is 0 Å². The van der Waals surface area contributed by atoms with E-state index in [1.165, 1.54) is 18.4 Å². The lowest BCUT2D eigenvalue weighted by Gasteiger charge is -2.27. The van der Waals surface area contributed by atoms with Crippen molar-refractivity contribution >= 4 is 11.6 Å². The highest BCUT2D eigenvalue weighted by molar-refractivity contribution is 6.30. The Hall–Kier alpha value is -0.730. The first-order chi connectivity index (χ1) is 8.53. The molecule has 3 heteroatoms. The van der Waals surface area contributed by atoms with Gasteiger partial charge >= 0.3 is 0 Å². The molecule has 0 saturated heterocycles. The smallest absolute Gasteiger partial charge is 0.122 e. The molecule has 0 aromatic heterocycles. The summed E-state index contributed by atoms with van der Waals surface area (Å²) in [5, 5.41) is 4.33. The lowest BCUT2D eigenvalue weighted by Crippen LogP contribution is -2.27. The molecule has 0 spiro atoms. The number of benzene rings is 1. The molecule has 0 bridgehead atoms. The van der Waals surface area contributed by atoms with Gasteiger partial charge in [-0.15, -0.1) is 0 Å². The lowest BCUT2D eigenvalue weighted by atomic mass is 9.81. The fourth-order valence-electron chi connectivity index (χ4n) is 2.22. The van der Waals surface area contributed by atoms with Crippen molar-refractivity contribution in [1.82, 2.24) is 5.32 Å². The standard InChI is InChI=1S/C15H22ClNO/c1-15(2,8-9-17-12-5-6-12)13-10-11(16)4-7-14(13)18-3/h4,7,10,12,17H,5-6,8-9H2,1-3H3. The molecular formula is C15H22ClNO. The maximum atomic E-state index is 6.10. The summed E-state index contributed by atoms with van der Waals surface area (Å²) in [6, 6.07) is 6.62. The summed E-state index contributed by atoms with van der Waals surface area (Å²) < 4.78 is 5.45. The van der Waals surface area contributed by atoms with Gasteiger partial charge in [-0.05, 0) is 49.4 Å². The first-order valence-electron chi connectivity index (χ1n) is 6.60. The third-order valence-corrected chi connectivity index (χ3v) is 3.89. The quantitative estimate of drug-likeness (QED) is 0.847. The molecule has 2 nitrogen and oxygen atoms in total. The van der Waals surface area contributed by atoms with Gasteiger partial charge in [-0.1, -0.05) is 25.4 Å². The van der Waals surface area contributed by atoms with E-state index >= 15 is 0 Å². The molecule has 0 atom stereocenters. The van der Waals surface area contributed by atoms with E-state index in [0.29, 0.717) is 0 Å². The fraction of sp³-hybridized carbons (Fsp3) is 0.600. The number of ether oxygens (including phenoxy) is 1. The predicted molar refractivity (Wildman–Crippen MR) is 76.7 cm³/mol. The number of rotatable bonds is 6. The van der Waals surface area contributed by atoms with E-state index in [1.807, 2.05) is 18.2 Å². The molecule has 2 rings (SSSR count). The van der Waals surface area contributed by atoms with Crippen molar-refractivity contribution in [1.29, 1.82) is 0 Å². The third kappa shape index (κ3) is 3.39. The third-order valence-electron chi connectivity index (χ3n) is 3.65. The van der Waals surface area contributed by atoms with Crippen molar-refractivity contribution < 1.29 is 4.74 Å². The Labute approximate surface area is 115 Å². The summed E-state index contributed by atoms with van der Waals surface area (Å²) in [6.45, 7) is 5.54. The van der Waals surface area contributed by atoms with Crippen molar-refractivity contribution in [2.75, 3.05) is 13.7 Å². The Bertz CT molecular complexity index is 413. The summed E-state index contributed by atoms with van der Waals surface area (Å²) in [6.07, 6.45) is 3.75. The van der Waals surface area contributed by atoms with Gasteiger partial charge in [-0.25, -0.2) is 0 Å². The van der Waals surface area contributed by atoms with Crippen molar-refractivity contribution in [3.05, 3.63) is 28.8 Å². The fourth-order valence-corrected chi connectivity index (χ4v) is 2.39. The Morgan fingerprint density at radius 2 is 2.11 bits per heavy atom. The molecule has 0 radical (unpaired) electrons. The zero-order valence-corrected chi connectivity index (χ0v) is 12.2. The van der Waals surface area contributed by atoms with Gasteiger partial charge in [0.2, 0.25) is 0 Å². The van der Waals surface area contributed by atoms with Crippen LogP contribution in [0.5, 0.6) is 5.75 Å². The van der Waals surface area contributed by atoms with E-state index in [2.05, 4.69) is 19.2 Å². The lowest BCUT2D eigenvalue weighted by molar-refractivity contribution is 0.382. The number of hydrogen-bond acceptors (Lipinski definition) is 2. The zero-order valence-electron chi connectivity index (χ0n) is 11.4. The summed E-state index contributed by atoms with van der Waals surface area (Å²) in [5.74, 6) is 0.927. The second-order valence-electron chi connectivity index (χ2n) is 5.71. The van der Waals surface area contributed by atoms with Gasteiger partial charge < -0.3 is 10.1 Å². The minimum atomic E-state index is 0.0676. The van der Waals surface area contributed by atoms with E-state index in [9.17, 15) is 0 Å². The molecule has 0 amide bonds. The van der Waals surface area contributed by atoms with Crippen LogP contribution >= 0.6 is 11.6 Å². The second-order valence-corrected chi connectivity index (χ2v) is 6.14. The molecule has 0 aliphatic heterocycles. The van der Waals surface area contributed by atoms with E-state index in [4.69, 9.17) is 16.3 Å². The van der Waals surface area contributed by atoms with Crippen LogP contribution in [0, 0.1) is 0 Å². The van der Waals surface area contributed by atoms with Crippen molar-refractivity contribution in [3.63, 3.8) is 0 Å². The molecule has 1 saturated carbocycles. The largest absolute Gasteiger partial charge is 0.496 e. The zero-order chi connectivity index (χ0) is 13.2. The predicted octanol–water partition coefficient (Wildman–Crippen LogP) is 3.77. The average Bonchev–Trinajstić information content (AvgIpc) is 3.13. The van der Waals surface area contributed by atoms with Crippen molar-refractivity contribution in [2.45, 2.75) is 44.6 Å². The highest BCUT2D eigenvalue weighted by Gasteiger charge is 2.26. The normalized spacial score (nSPS) is 15.8. The average molecular weight is 268 g/mol. The molecule has 1 aromatic rings. The van der Waals surface area contributed by atoms with Gasteiger partial charge in [0, 0.05) is 16.6 Å². The van der Waals surface area contributed by atoms with Crippen LogP contribution in [0.25, 0.3) is 0 Å². The molecule has 1 aliphatic rings. The summed E-state index contributed by atoms with van der Waals surface area (Å²) in [4.78, 5) is 0. The van der Waals surface area contributed by atoms with Crippen LogP contribution < -0.4 is 10.1 Å².